The Morgan fingerprint density at radius 3 is 2.67 bits per heavy atom. The number of aliphatic hydroxyl groups is 2. The maximum atomic E-state index is 12.1. The van der Waals surface area contributed by atoms with Gasteiger partial charge < -0.3 is 30.7 Å². The second-order valence-electron chi connectivity index (χ2n) is 6.60. The van der Waals surface area contributed by atoms with Crippen molar-refractivity contribution in [1.82, 2.24) is 0 Å². The first-order chi connectivity index (χ1) is 14.6. The SMILES string of the molecule is CCO[C@H](CC/C=C/C(=O)Nc1ccccc1N)[C@H](O)c1ccccc1OCCO. The number of aliphatic hydroxyl groups excluding tert-OH is 2. The maximum Gasteiger partial charge on any atom is 0.248 e. The lowest BCUT2D eigenvalue weighted by molar-refractivity contribution is -0.111. The van der Waals surface area contributed by atoms with Crippen molar-refractivity contribution in [3.63, 3.8) is 0 Å². The molecule has 0 unspecified atom stereocenters. The van der Waals surface area contributed by atoms with Gasteiger partial charge in [-0.15, -0.1) is 0 Å². The number of ether oxygens (including phenoxy) is 2. The summed E-state index contributed by atoms with van der Waals surface area (Å²) in [7, 11) is 0. The Morgan fingerprint density at radius 1 is 1.20 bits per heavy atom. The average molecular weight is 415 g/mol. The summed E-state index contributed by atoms with van der Waals surface area (Å²) in [6, 6.07) is 14.2. The number of hydrogen-bond acceptors (Lipinski definition) is 6. The first-order valence-electron chi connectivity index (χ1n) is 10.0. The normalized spacial score (nSPS) is 13.2. The molecule has 0 radical (unpaired) electrons. The molecule has 0 fully saturated rings. The number of para-hydroxylation sites is 3. The Morgan fingerprint density at radius 2 is 1.93 bits per heavy atom. The number of nitrogens with one attached hydrogen (secondary N) is 1. The van der Waals surface area contributed by atoms with Gasteiger partial charge in [-0.2, -0.15) is 0 Å². The van der Waals surface area contributed by atoms with E-state index in [1.54, 1.807) is 48.5 Å². The zero-order chi connectivity index (χ0) is 21.8. The van der Waals surface area contributed by atoms with Crippen molar-refractivity contribution in [3.8, 4) is 5.75 Å². The van der Waals surface area contributed by atoms with Crippen molar-refractivity contribution < 1.29 is 24.5 Å². The number of carbonyl (C=O) groups is 1. The molecule has 1 amide bonds. The van der Waals surface area contributed by atoms with Crippen LogP contribution >= 0.6 is 0 Å². The predicted octanol–water partition coefficient (Wildman–Crippen LogP) is 3.05. The van der Waals surface area contributed by atoms with Crippen LogP contribution in [0.4, 0.5) is 11.4 Å². The van der Waals surface area contributed by atoms with E-state index in [1.807, 2.05) is 13.0 Å². The van der Waals surface area contributed by atoms with Crippen molar-refractivity contribution in [2.24, 2.45) is 0 Å². The van der Waals surface area contributed by atoms with Crippen LogP contribution in [-0.4, -0.2) is 42.0 Å². The lowest BCUT2D eigenvalue weighted by atomic mass is 9.99. The highest BCUT2D eigenvalue weighted by atomic mass is 16.5. The molecule has 0 aliphatic carbocycles. The third kappa shape index (κ3) is 7.18. The van der Waals surface area contributed by atoms with Gasteiger partial charge in [0.2, 0.25) is 5.91 Å². The molecule has 2 aromatic rings. The predicted molar refractivity (Wildman–Crippen MR) is 117 cm³/mol. The number of nitrogens with two attached hydrogens (primary N) is 1. The summed E-state index contributed by atoms with van der Waals surface area (Å²) in [5.74, 6) is 0.239. The van der Waals surface area contributed by atoms with Gasteiger partial charge in [0.05, 0.1) is 24.1 Å². The molecular formula is C23H30N2O5. The zero-order valence-corrected chi connectivity index (χ0v) is 17.2. The number of hydrogen-bond donors (Lipinski definition) is 4. The van der Waals surface area contributed by atoms with Gasteiger partial charge in [-0.05, 0) is 44.0 Å². The van der Waals surface area contributed by atoms with Crippen LogP contribution < -0.4 is 15.8 Å². The molecule has 2 aromatic carbocycles. The van der Waals surface area contributed by atoms with Crippen LogP contribution in [0, 0.1) is 0 Å². The van der Waals surface area contributed by atoms with E-state index in [0.29, 0.717) is 42.1 Å². The van der Waals surface area contributed by atoms with Crippen LogP contribution in [0.2, 0.25) is 0 Å². The third-order valence-corrected chi connectivity index (χ3v) is 4.43. The topological polar surface area (TPSA) is 114 Å². The van der Waals surface area contributed by atoms with Gasteiger partial charge in [0.25, 0.3) is 0 Å². The van der Waals surface area contributed by atoms with Crippen LogP contribution in [0.5, 0.6) is 5.75 Å². The highest BCUT2D eigenvalue weighted by molar-refractivity contribution is 6.01. The molecule has 0 bridgehead atoms. The summed E-state index contributed by atoms with van der Waals surface area (Å²) < 4.78 is 11.2. The van der Waals surface area contributed by atoms with Crippen molar-refractivity contribution in [2.75, 3.05) is 30.9 Å². The maximum absolute atomic E-state index is 12.1. The van der Waals surface area contributed by atoms with Crippen LogP contribution in [0.3, 0.4) is 0 Å². The fourth-order valence-corrected chi connectivity index (χ4v) is 2.99. The van der Waals surface area contributed by atoms with Gasteiger partial charge in [0.1, 0.15) is 18.5 Å². The minimum atomic E-state index is -0.897. The molecule has 30 heavy (non-hydrogen) atoms. The second kappa shape index (κ2) is 12.6. The van der Waals surface area contributed by atoms with E-state index in [2.05, 4.69) is 5.32 Å². The average Bonchev–Trinajstić information content (AvgIpc) is 2.75. The van der Waals surface area contributed by atoms with Crippen LogP contribution in [-0.2, 0) is 9.53 Å². The van der Waals surface area contributed by atoms with E-state index in [-0.39, 0.29) is 19.1 Å². The Balaban J connectivity index is 1.94. The molecule has 5 N–H and O–H groups in total. The number of carbonyl (C=O) groups excluding carboxylic acids is 1. The van der Waals surface area contributed by atoms with E-state index in [4.69, 9.17) is 20.3 Å². The Bertz CT molecular complexity index is 825. The first kappa shape index (κ1) is 23.4. The minimum Gasteiger partial charge on any atom is -0.491 e. The quantitative estimate of drug-likeness (QED) is 0.314. The van der Waals surface area contributed by atoms with Crippen LogP contribution in [0.1, 0.15) is 31.4 Å². The second-order valence-corrected chi connectivity index (χ2v) is 6.60. The molecule has 162 valence electrons. The molecule has 0 aliphatic rings. The van der Waals surface area contributed by atoms with Crippen molar-refractivity contribution in [1.29, 1.82) is 0 Å². The Labute approximate surface area is 177 Å². The van der Waals surface area contributed by atoms with Crippen molar-refractivity contribution in [3.05, 3.63) is 66.2 Å². The first-order valence-corrected chi connectivity index (χ1v) is 10.0. The highest BCUT2D eigenvalue weighted by Crippen LogP contribution is 2.30. The van der Waals surface area contributed by atoms with Crippen LogP contribution in [0.15, 0.2) is 60.7 Å². The zero-order valence-electron chi connectivity index (χ0n) is 17.2. The number of nitrogen functional groups attached to an aromatic ring is 1. The van der Waals surface area contributed by atoms with E-state index in [0.717, 1.165) is 0 Å². The standard InChI is InChI=1S/C23H30N2O5/c1-2-29-21(23(28)17-9-3-6-12-20(17)30-16-15-26)13-7-8-14-22(27)25-19-11-5-4-10-18(19)24/h3-6,8-12,14,21,23,26,28H,2,7,13,15-16,24H2,1H3,(H,25,27)/b14-8+/t21-,23-/m1/s1. The monoisotopic (exact) mass is 414 g/mol. The molecule has 7 nitrogen and oxygen atoms in total. The van der Waals surface area contributed by atoms with Gasteiger partial charge in [-0.25, -0.2) is 0 Å². The molecule has 0 aromatic heterocycles. The fraction of sp³-hybridized carbons (Fsp3) is 0.348. The van der Waals surface area contributed by atoms with E-state index >= 15 is 0 Å². The molecule has 0 spiro atoms. The number of amides is 1. The summed E-state index contributed by atoms with van der Waals surface area (Å²) in [5.41, 5.74) is 7.49. The molecule has 2 atom stereocenters. The Kier molecular flexibility index (Phi) is 9.86. The number of anilines is 2. The molecule has 2 rings (SSSR count). The number of rotatable bonds is 12. The lowest BCUT2D eigenvalue weighted by Crippen LogP contribution is -2.23. The van der Waals surface area contributed by atoms with Crippen LogP contribution in [0.25, 0.3) is 0 Å². The lowest BCUT2D eigenvalue weighted by Gasteiger charge is -2.24. The minimum absolute atomic E-state index is 0.110. The van der Waals surface area contributed by atoms with Gasteiger partial charge in [-0.3, -0.25) is 4.79 Å². The van der Waals surface area contributed by atoms with Crippen molar-refractivity contribution >= 4 is 17.3 Å². The number of allylic oxidation sites excluding steroid dienone is 1. The van der Waals surface area contributed by atoms with Gasteiger partial charge in [0, 0.05) is 12.2 Å². The molecule has 0 saturated carbocycles. The summed E-state index contributed by atoms with van der Waals surface area (Å²) in [4.78, 5) is 12.1. The van der Waals surface area contributed by atoms with E-state index < -0.39 is 12.2 Å². The van der Waals surface area contributed by atoms with Gasteiger partial charge >= 0.3 is 0 Å². The molecule has 0 aliphatic heterocycles. The summed E-state index contributed by atoms with van der Waals surface area (Å²) in [6.45, 7) is 2.34. The Hall–Kier alpha value is -2.87. The van der Waals surface area contributed by atoms with Gasteiger partial charge in [0.15, 0.2) is 0 Å². The largest absolute Gasteiger partial charge is 0.491 e. The molecule has 7 heteroatoms. The van der Waals surface area contributed by atoms with E-state index in [1.165, 1.54) is 6.08 Å². The van der Waals surface area contributed by atoms with Crippen molar-refractivity contribution in [2.45, 2.75) is 32.0 Å². The summed E-state index contributed by atoms with van der Waals surface area (Å²) >= 11 is 0. The third-order valence-electron chi connectivity index (χ3n) is 4.43. The molecule has 0 saturated heterocycles. The van der Waals surface area contributed by atoms with E-state index in [9.17, 15) is 9.90 Å². The van der Waals surface area contributed by atoms with Gasteiger partial charge in [-0.1, -0.05) is 36.4 Å². The smallest absolute Gasteiger partial charge is 0.248 e. The number of benzene rings is 2. The molecule has 0 heterocycles. The highest BCUT2D eigenvalue weighted by Gasteiger charge is 2.23. The fourth-order valence-electron chi connectivity index (χ4n) is 2.99. The summed E-state index contributed by atoms with van der Waals surface area (Å²) in [6.07, 6.45) is 2.87. The summed E-state index contributed by atoms with van der Waals surface area (Å²) in [5, 5.41) is 22.6. The molecular weight excluding hydrogens is 384 g/mol.